The summed E-state index contributed by atoms with van der Waals surface area (Å²) in [5, 5.41) is 10.0. The number of anilines is 1. The number of aromatic hydroxyl groups is 1. The van der Waals surface area contributed by atoms with Gasteiger partial charge in [0.15, 0.2) is 5.78 Å². The Morgan fingerprint density at radius 1 is 1.25 bits per heavy atom. The third-order valence-electron chi connectivity index (χ3n) is 3.61. The molecule has 2 aromatic carbocycles. The number of carbonyl (C=O) groups is 1. The van der Waals surface area contributed by atoms with E-state index in [-0.39, 0.29) is 11.5 Å². The van der Waals surface area contributed by atoms with Crippen molar-refractivity contribution in [2.24, 2.45) is 0 Å². The Morgan fingerprint density at radius 2 is 1.96 bits per heavy atom. The van der Waals surface area contributed by atoms with Crippen molar-refractivity contribution in [1.29, 1.82) is 0 Å². The molecule has 0 aliphatic heterocycles. The van der Waals surface area contributed by atoms with Crippen molar-refractivity contribution in [3.05, 3.63) is 71.3 Å². The van der Waals surface area contributed by atoms with Crippen molar-refractivity contribution in [2.45, 2.75) is 13.3 Å². The summed E-state index contributed by atoms with van der Waals surface area (Å²) in [6, 6.07) is 10.1. The predicted octanol–water partition coefficient (Wildman–Crippen LogP) is 4.00. The molecule has 2 rings (SSSR count). The van der Waals surface area contributed by atoms with E-state index in [1.807, 2.05) is 25.1 Å². The lowest BCUT2D eigenvalue weighted by Crippen LogP contribution is -1.96. The summed E-state index contributed by atoms with van der Waals surface area (Å²) in [7, 11) is 1.53. The normalized spacial score (nSPS) is 11.2. The van der Waals surface area contributed by atoms with Crippen LogP contribution in [0, 0.1) is 0 Å². The largest absolute Gasteiger partial charge is 0.508 e. The van der Waals surface area contributed by atoms with Crippen LogP contribution in [0.25, 0.3) is 6.08 Å². The summed E-state index contributed by atoms with van der Waals surface area (Å²) in [6.45, 7) is 1.92. The molecule has 0 saturated heterocycles. The zero-order valence-electron chi connectivity index (χ0n) is 13.8. The Labute approximate surface area is 141 Å². The number of carbonyl (C=O) groups excluding carboxylic acids is 1. The number of hydrogen-bond donors (Lipinski definition) is 2. The molecule has 0 amide bonds. The van der Waals surface area contributed by atoms with E-state index in [1.54, 1.807) is 36.4 Å². The van der Waals surface area contributed by atoms with E-state index in [1.165, 1.54) is 13.2 Å². The van der Waals surface area contributed by atoms with E-state index in [2.05, 4.69) is 0 Å². The number of nitrogen functional groups attached to an aromatic ring is 1. The van der Waals surface area contributed by atoms with Crippen LogP contribution in [0.3, 0.4) is 0 Å². The molecular weight excluding hydrogens is 302 g/mol. The predicted molar refractivity (Wildman–Crippen MR) is 97.4 cm³/mol. The van der Waals surface area contributed by atoms with Gasteiger partial charge < -0.3 is 15.6 Å². The molecule has 0 spiro atoms. The lowest BCUT2D eigenvalue weighted by atomic mass is 10.0. The molecule has 4 nitrogen and oxygen atoms in total. The molecule has 124 valence electrons. The second-order valence-electron chi connectivity index (χ2n) is 5.32. The van der Waals surface area contributed by atoms with Crippen molar-refractivity contribution < 1.29 is 14.6 Å². The number of benzene rings is 2. The maximum atomic E-state index is 12.2. The first-order valence-electron chi connectivity index (χ1n) is 7.64. The standard InChI is InChI=1S/C20H21NO3/c1-3-4-5-15-12-16(20(24-2)13-19(15)23)8-11-18(22)14-6-9-17(21)10-7-14/h3-4,6-13,23H,5,21H2,1-2H3. The quantitative estimate of drug-likeness (QED) is 0.365. The Balaban J connectivity index is 2.29. The third kappa shape index (κ3) is 4.26. The van der Waals surface area contributed by atoms with Gasteiger partial charge in [0.1, 0.15) is 11.5 Å². The average Bonchev–Trinajstić information content (AvgIpc) is 2.59. The molecule has 0 aliphatic rings. The van der Waals surface area contributed by atoms with Crippen LogP contribution >= 0.6 is 0 Å². The molecule has 0 unspecified atom stereocenters. The number of ketones is 1. The van der Waals surface area contributed by atoms with Crippen LogP contribution in [0.15, 0.2) is 54.6 Å². The average molecular weight is 323 g/mol. The van der Waals surface area contributed by atoms with E-state index < -0.39 is 0 Å². The highest BCUT2D eigenvalue weighted by molar-refractivity contribution is 6.07. The van der Waals surface area contributed by atoms with Crippen molar-refractivity contribution in [3.63, 3.8) is 0 Å². The first-order chi connectivity index (χ1) is 11.5. The van der Waals surface area contributed by atoms with Gasteiger partial charge in [0.25, 0.3) is 0 Å². The maximum Gasteiger partial charge on any atom is 0.185 e. The fourth-order valence-corrected chi connectivity index (χ4v) is 2.26. The van der Waals surface area contributed by atoms with Gasteiger partial charge in [0, 0.05) is 22.9 Å². The van der Waals surface area contributed by atoms with E-state index in [0.29, 0.717) is 23.4 Å². The molecule has 3 N–H and O–H groups in total. The Hall–Kier alpha value is -3.01. The van der Waals surface area contributed by atoms with Gasteiger partial charge in [0.2, 0.25) is 0 Å². The SMILES string of the molecule is CC=CCc1cc(C=CC(=O)c2ccc(N)cc2)c(OC)cc1O. The molecule has 0 saturated carbocycles. The Bertz CT molecular complexity index is 774. The van der Waals surface area contributed by atoms with Crippen LogP contribution in [-0.4, -0.2) is 18.0 Å². The molecule has 4 heteroatoms. The fourth-order valence-electron chi connectivity index (χ4n) is 2.26. The van der Waals surface area contributed by atoms with Crippen molar-refractivity contribution in [3.8, 4) is 11.5 Å². The van der Waals surface area contributed by atoms with Crippen molar-refractivity contribution in [1.82, 2.24) is 0 Å². The van der Waals surface area contributed by atoms with Gasteiger partial charge in [-0.05, 0) is 61.4 Å². The fraction of sp³-hybridized carbons (Fsp3) is 0.150. The number of nitrogens with two attached hydrogens (primary N) is 1. The molecule has 0 atom stereocenters. The minimum absolute atomic E-state index is 0.125. The second-order valence-corrected chi connectivity index (χ2v) is 5.32. The smallest absolute Gasteiger partial charge is 0.185 e. The number of allylic oxidation sites excluding steroid dienone is 3. The third-order valence-corrected chi connectivity index (χ3v) is 3.61. The zero-order valence-corrected chi connectivity index (χ0v) is 13.8. The Kier molecular flexibility index (Phi) is 5.79. The van der Waals surface area contributed by atoms with E-state index in [9.17, 15) is 9.90 Å². The van der Waals surface area contributed by atoms with Crippen LogP contribution < -0.4 is 10.5 Å². The minimum atomic E-state index is -0.125. The summed E-state index contributed by atoms with van der Waals surface area (Å²) >= 11 is 0. The highest BCUT2D eigenvalue weighted by atomic mass is 16.5. The van der Waals surface area contributed by atoms with Crippen molar-refractivity contribution in [2.75, 3.05) is 12.8 Å². The van der Waals surface area contributed by atoms with Crippen LogP contribution in [0.1, 0.15) is 28.4 Å². The van der Waals surface area contributed by atoms with Gasteiger partial charge in [0.05, 0.1) is 7.11 Å². The molecule has 0 heterocycles. The van der Waals surface area contributed by atoms with E-state index in [0.717, 1.165) is 11.1 Å². The maximum absolute atomic E-state index is 12.2. The van der Waals surface area contributed by atoms with E-state index in [4.69, 9.17) is 10.5 Å². The van der Waals surface area contributed by atoms with Gasteiger partial charge in [-0.25, -0.2) is 0 Å². The number of methoxy groups -OCH3 is 1. The first kappa shape index (κ1) is 17.3. The molecule has 2 aromatic rings. The van der Waals surface area contributed by atoms with Gasteiger partial charge in [-0.2, -0.15) is 0 Å². The second kappa shape index (κ2) is 8.02. The number of phenols is 1. The van der Waals surface area contributed by atoms with E-state index >= 15 is 0 Å². The van der Waals surface area contributed by atoms with Gasteiger partial charge in [-0.1, -0.05) is 12.2 Å². The highest BCUT2D eigenvalue weighted by Crippen LogP contribution is 2.30. The van der Waals surface area contributed by atoms with Crippen LogP contribution in [-0.2, 0) is 6.42 Å². The van der Waals surface area contributed by atoms with Crippen molar-refractivity contribution >= 4 is 17.5 Å². The molecule has 0 fully saturated rings. The molecule has 0 aromatic heterocycles. The summed E-state index contributed by atoms with van der Waals surface area (Å²) < 4.78 is 5.28. The summed E-state index contributed by atoms with van der Waals surface area (Å²) in [5.41, 5.74) is 8.31. The number of ether oxygens (including phenoxy) is 1. The monoisotopic (exact) mass is 323 g/mol. The molecule has 0 aliphatic carbocycles. The molecular formula is C20H21NO3. The summed E-state index contributed by atoms with van der Waals surface area (Å²) in [6.07, 6.45) is 7.66. The summed E-state index contributed by atoms with van der Waals surface area (Å²) in [5.74, 6) is 0.560. The first-order valence-corrected chi connectivity index (χ1v) is 7.64. The lowest BCUT2D eigenvalue weighted by molar-refractivity contribution is 0.104. The van der Waals surface area contributed by atoms with Gasteiger partial charge in [-0.3, -0.25) is 4.79 Å². The molecule has 0 radical (unpaired) electrons. The zero-order chi connectivity index (χ0) is 17.5. The minimum Gasteiger partial charge on any atom is -0.508 e. The summed E-state index contributed by atoms with van der Waals surface area (Å²) in [4.78, 5) is 12.2. The number of rotatable bonds is 6. The molecule has 0 bridgehead atoms. The van der Waals surface area contributed by atoms with Crippen LogP contribution in [0.4, 0.5) is 5.69 Å². The van der Waals surface area contributed by atoms with Gasteiger partial charge in [-0.15, -0.1) is 0 Å². The number of phenolic OH excluding ortho intramolecular Hbond substituents is 1. The topological polar surface area (TPSA) is 72.6 Å². The van der Waals surface area contributed by atoms with Crippen LogP contribution in [0.5, 0.6) is 11.5 Å². The van der Waals surface area contributed by atoms with Crippen LogP contribution in [0.2, 0.25) is 0 Å². The highest BCUT2D eigenvalue weighted by Gasteiger charge is 2.08. The molecule has 24 heavy (non-hydrogen) atoms. The lowest BCUT2D eigenvalue weighted by Gasteiger charge is -2.09. The van der Waals surface area contributed by atoms with Gasteiger partial charge >= 0.3 is 0 Å². The Morgan fingerprint density at radius 3 is 2.58 bits per heavy atom. The number of hydrogen-bond acceptors (Lipinski definition) is 4.